The Labute approximate surface area is 189 Å². The minimum atomic E-state index is -0.878. The number of imide groups is 2. The third-order valence-electron chi connectivity index (χ3n) is 5.46. The van der Waals surface area contributed by atoms with Crippen LogP contribution in [0.5, 0.6) is 0 Å². The van der Waals surface area contributed by atoms with Gasteiger partial charge >= 0.3 is 12.1 Å². The van der Waals surface area contributed by atoms with Gasteiger partial charge in [-0.05, 0) is 36.4 Å². The van der Waals surface area contributed by atoms with Crippen LogP contribution >= 0.6 is 0 Å². The van der Waals surface area contributed by atoms with Crippen LogP contribution < -0.4 is 10.6 Å². The molecule has 2 aliphatic heterocycles. The molecule has 4 aromatic rings. The molecule has 4 N–H and O–H groups in total. The van der Waals surface area contributed by atoms with Crippen molar-refractivity contribution in [1.82, 2.24) is 40.6 Å². The summed E-state index contributed by atoms with van der Waals surface area (Å²) in [6.45, 7) is 0. The monoisotopic (exact) mass is 454 g/mol. The Morgan fingerprint density at radius 3 is 1.56 bits per heavy atom. The number of amides is 6. The number of pyridine rings is 2. The van der Waals surface area contributed by atoms with Gasteiger partial charge in [-0.3, -0.25) is 30.2 Å². The molecule has 12 heteroatoms. The molecule has 2 fully saturated rings. The van der Waals surface area contributed by atoms with Crippen LogP contribution in [0.25, 0.3) is 34.2 Å². The number of carbonyl (C=O) groups is 4. The number of H-pyrrole nitrogens is 2. The summed E-state index contributed by atoms with van der Waals surface area (Å²) in [5.74, 6) is -1.45. The van der Waals surface area contributed by atoms with E-state index in [2.05, 4.69) is 30.6 Å². The summed E-state index contributed by atoms with van der Waals surface area (Å²) in [6.07, 6.45) is 9.29. The molecule has 6 heterocycles. The van der Waals surface area contributed by atoms with Crippen LogP contribution in [-0.4, -0.2) is 53.8 Å². The predicted octanol–water partition coefficient (Wildman–Crippen LogP) is 1.84. The number of nitrogens with one attached hydrogen (secondary N) is 4. The van der Waals surface area contributed by atoms with Crippen LogP contribution in [-0.2, 0) is 9.59 Å². The number of hydrazine groups is 1. The highest BCUT2D eigenvalue weighted by molar-refractivity contribution is 6.19. The van der Waals surface area contributed by atoms with Crippen molar-refractivity contribution in [3.05, 3.63) is 71.6 Å². The fourth-order valence-corrected chi connectivity index (χ4v) is 3.96. The van der Waals surface area contributed by atoms with E-state index in [-0.39, 0.29) is 11.4 Å². The quantitative estimate of drug-likeness (QED) is 0.273. The van der Waals surface area contributed by atoms with Crippen LogP contribution in [0.3, 0.4) is 0 Å². The third-order valence-corrected chi connectivity index (χ3v) is 5.46. The van der Waals surface area contributed by atoms with Gasteiger partial charge in [0, 0.05) is 35.9 Å². The average Bonchev–Trinajstić information content (AvgIpc) is 3.56. The van der Waals surface area contributed by atoms with Crippen molar-refractivity contribution in [3.63, 3.8) is 0 Å². The highest BCUT2D eigenvalue weighted by atomic mass is 16.2. The topological polar surface area (TPSA) is 156 Å². The number of fused-ring (bicyclic) bond motifs is 2. The van der Waals surface area contributed by atoms with E-state index in [0.29, 0.717) is 22.2 Å². The normalized spacial score (nSPS) is 18.7. The zero-order chi connectivity index (χ0) is 23.4. The summed E-state index contributed by atoms with van der Waals surface area (Å²) in [5.41, 5.74) is 3.36. The summed E-state index contributed by atoms with van der Waals surface area (Å²) < 4.78 is 0. The van der Waals surface area contributed by atoms with Crippen molar-refractivity contribution in [3.8, 4) is 0 Å². The SMILES string of the molecule is O=C1NC(=O)N(N2C(=O)NC(=O)/C2=C/c2c[nH]c3cccnc23)/C1=C\c1c[nH]c2cccnc12. The first kappa shape index (κ1) is 19.4. The van der Waals surface area contributed by atoms with Crippen molar-refractivity contribution < 1.29 is 19.2 Å². The number of hydrogen-bond acceptors (Lipinski definition) is 6. The smallest absolute Gasteiger partial charge is 0.348 e. The Morgan fingerprint density at radius 2 is 1.12 bits per heavy atom. The van der Waals surface area contributed by atoms with Gasteiger partial charge < -0.3 is 9.97 Å². The highest BCUT2D eigenvalue weighted by Crippen LogP contribution is 2.29. The lowest BCUT2D eigenvalue weighted by molar-refractivity contribution is -0.117. The van der Waals surface area contributed by atoms with Crippen molar-refractivity contribution in [2.45, 2.75) is 0 Å². The maximum Gasteiger partial charge on any atom is 0.348 e. The van der Waals surface area contributed by atoms with Crippen LogP contribution in [0.4, 0.5) is 9.59 Å². The van der Waals surface area contributed by atoms with E-state index in [0.717, 1.165) is 21.1 Å². The molecule has 4 aromatic heterocycles. The zero-order valence-electron chi connectivity index (χ0n) is 17.2. The van der Waals surface area contributed by atoms with E-state index in [1.54, 1.807) is 36.9 Å². The molecule has 0 saturated carbocycles. The first-order valence-corrected chi connectivity index (χ1v) is 10.1. The highest BCUT2D eigenvalue weighted by Gasteiger charge is 2.46. The van der Waals surface area contributed by atoms with Gasteiger partial charge in [0.15, 0.2) is 0 Å². The van der Waals surface area contributed by atoms with Gasteiger partial charge in [-0.2, -0.15) is 10.0 Å². The number of aromatic amines is 2. The Kier molecular flexibility index (Phi) is 4.07. The van der Waals surface area contributed by atoms with Crippen LogP contribution in [0.2, 0.25) is 0 Å². The maximum absolute atomic E-state index is 12.7. The van der Waals surface area contributed by atoms with Crippen LogP contribution in [0, 0.1) is 0 Å². The second-order valence-electron chi connectivity index (χ2n) is 7.49. The number of carbonyl (C=O) groups excluding carboxylic acids is 4. The molecule has 12 nitrogen and oxygen atoms in total. The van der Waals surface area contributed by atoms with Crippen LogP contribution in [0.1, 0.15) is 11.1 Å². The fourth-order valence-electron chi connectivity index (χ4n) is 3.96. The summed E-state index contributed by atoms with van der Waals surface area (Å²) >= 11 is 0. The molecule has 0 radical (unpaired) electrons. The average molecular weight is 454 g/mol. The Hall–Kier alpha value is -5.26. The summed E-state index contributed by atoms with van der Waals surface area (Å²) in [6, 6.07) is 5.37. The largest absolute Gasteiger partial charge is 0.359 e. The molecule has 6 rings (SSSR count). The molecule has 166 valence electrons. The minimum Gasteiger partial charge on any atom is -0.359 e. The molecule has 0 bridgehead atoms. The second kappa shape index (κ2) is 7.13. The van der Waals surface area contributed by atoms with Crippen molar-refractivity contribution in [1.29, 1.82) is 0 Å². The van der Waals surface area contributed by atoms with E-state index in [9.17, 15) is 19.2 Å². The first-order chi connectivity index (χ1) is 16.5. The van der Waals surface area contributed by atoms with Gasteiger partial charge in [0.05, 0.1) is 22.1 Å². The number of rotatable bonds is 3. The van der Waals surface area contributed by atoms with E-state index in [1.807, 2.05) is 12.1 Å². The molecule has 0 aliphatic carbocycles. The van der Waals surface area contributed by atoms with Gasteiger partial charge in [0.25, 0.3) is 11.8 Å². The summed E-state index contributed by atoms with van der Waals surface area (Å²) in [5, 5.41) is 6.00. The van der Waals surface area contributed by atoms with Gasteiger partial charge in [-0.25, -0.2) is 9.59 Å². The van der Waals surface area contributed by atoms with E-state index < -0.39 is 23.9 Å². The Balaban J connectivity index is 1.47. The fraction of sp³-hybridized carbons (Fsp3) is 0. The Bertz CT molecular complexity index is 1490. The van der Waals surface area contributed by atoms with Crippen LogP contribution in [0.15, 0.2) is 60.4 Å². The molecule has 0 atom stereocenters. The van der Waals surface area contributed by atoms with Gasteiger partial charge in [0.2, 0.25) is 0 Å². The number of urea groups is 2. The number of nitrogens with zero attached hydrogens (tertiary/aromatic N) is 4. The molecule has 2 aliphatic rings. The standard InChI is InChI=1S/C22H14N8O4/c31-19-15(7-11-9-25-13-3-1-5-23-17(11)13)29(21(33)27-19)30-16(20(32)28-22(30)34)8-12-10-26-14-4-2-6-24-18(12)14/h1-10,25-26H,(H,27,31,33)(H,28,32,34)/b15-7-,16-8-. The lowest BCUT2D eigenvalue weighted by Gasteiger charge is -2.25. The number of hydrogen-bond donors (Lipinski definition) is 4. The zero-order valence-corrected chi connectivity index (χ0v) is 17.2. The molecule has 34 heavy (non-hydrogen) atoms. The Morgan fingerprint density at radius 1 is 0.676 bits per heavy atom. The maximum atomic E-state index is 12.7. The van der Waals surface area contributed by atoms with Gasteiger partial charge in [0.1, 0.15) is 11.4 Å². The lowest BCUT2D eigenvalue weighted by atomic mass is 10.2. The molecule has 0 unspecified atom stereocenters. The minimum absolute atomic E-state index is 0.149. The van der Waals surface area contributed by atoms with Crippen molar-refractivity contribution >= 4 is 58.1 Å². The molecular weight excluding hydrogens is 440 g/mol. The molecular formula is C22H14N8O4. The summed E-state index contributed by atoms with van der Waals surface area (Å²) in [4.78, 5) is 65.4. The van der Waals surface area contributed by atoms with Gasteiger partial charge in [-0.1, -0.05) is 0 Å². The molecule has 0 spiro atoms. The first-order valence-electron chi connectivity index (χ1n) is 10.1. The van der Waals surface area contributed by atoms with Crippen molar-refractivity contribution in [2.75, 3.05) is 0 Å². The molecule has 6 amide bonds. The second-order valence-corrected chi connectivity index (χ2v) is 7.49. The molecule has 0 aromatic carbocycles. The third kappa shape index (κ3) is 2.86. The summed E-state index contributed by atoms with van der Waals surface area (Å²) in [7, 11) is 0. The van der Waals surface area contributed by atoms with E-state index in [4.69, 9.17) is 0 Å². The lowest BCUT2D eigenvalue weighted by Crippen LogP contribution is -2.44. The van der Waals surface area contributed by atoms with Gasteiger partial charge in [-0.15, -0.1) is 0 Å². The van der Waals surface area contributed by atoms with E-state index >= 15 is 0 Å². The van der Waals surface area contributed by atoms with Crippen molar-refractivity contribution in [2.24, 2.45) is 0 Å². The predicted molar refractivity (Wildman–Crippen MR) is 119 cm³/mol. The molecule has 2 saturated heterocycles. The van der Waals surface area contributed by atoms with E-state index in [1.165, 1.54) is 12.2 Å². The number of aromatic nitrogens is 4.